The lowest BCUT2D eigenvalue weighted by Crippen LogP contribution is -2.00. The molecule has 0 fully saturated rings. The smallest absolute Gasteiger partial charge is 0.123 e. The Kier molecular flexibility index (Phi) is 3.76. The summed E-state index contributed by atoms with van der Waals surface area (Å²) in [6.07, 6.45) is 1.61. The van der Waals surface area contributed by atoms with Gasteiger partial charge in [0.1, 0.15) is 6.29 Å². The van der Waals surface area contributed by atoms with E-state index >= 15 is 0 Å². The molecule has 1 aromatic rings. The second-order valence-corrected chi connectivity index (χ2v) is 3.97. The summed E-state index contributed by atoms with van der Waals surface area (Å²) in [6, 6.07) is 5.33. The summed E-state index contributed by atoms with van der Waals surface area (Å²) in [5.74, 6) is 0.00883. The van der Waals surface area contributed by atoms with Crippen LogP contribution in [0.1, 0.15) is 12.5 Å². The first-order valence-electron chi connectivity index (χ1n) is 4.02. The highest BCUT2D eigenvalue weighted by molar-refractivity contribution is 6.34. The highest BCUT2D eigenvalue weighted by atomic mass is 35.5. The van der Waals surface area contributed by atoms with Gasteiger partial charge >= 0.3 is 0 Å². The van der Waals surface area contributed by atoms with Crippen molar-refractivity contribution in [2.45, 2.75) is 13.3 Å². The first-order valence-corrected chi connectivity index (χ1v) is 4.77. The summed E-state index contributed by atoms with van der Waals surface area (Å²) in [6.45, 7) is 1.86. The molecule has 0 spiro atoms. The highest BCUT2D eigenvalue weighted by Gasteiger charge is 2.03. The second-order valence-electron chi connectivity index (χ2n) is 3.10. The lowest BCUT2D eigenvalue weighted by molar-refractivity contribution is -0.110. The zero-order valence-corrected chi connectivity index (χ0v) is 8.77. The summed E-state index contributed by atoms with van der Waals surface area (Å²) >= 11 is 11.6. The number of carbonyl (C=O) groups is 1. The topological polar surface area (TPSA) is 17.1 Å². The Morgan fingerprint density at radius 1 is 1.31 bits per heavy atom. The molecule has 1 nitrogen and oxygen atoms in total. The number of rotatable bonds is 3. The monoisotopic (exact) mass is 216 g/mol. The molecule has 1 rings (SSSR count). The molecule has 1 atom stereocenters. The second kappa shape index (κ2) is 4.64. The van der Waals surface area contributed by atoms with E-state index in [2.05, 4.69) is 0 Å². The fourth-order valence-corrected chi connectivity index (χ4v) is 1.72. The molecule has 0 aliphatic heterocycles. The van der Waals surface area contributed by atoms with Crippen molar-refractivity contribution in [1.82, 2.24) is 0 Å². The number of halogens is 2. The van der Waals surface area contributed by atoms with Gasteiger partial charge in [0.05, 0.1) is 0 Å². The predicted molar refractivity (Wildman–Crippen MR) is 55.4 cm³/mol. The Balaban J connectivity index is 2.82. The number of carbonyl (C=O) groups excluding carboxylic acids is 1. The van der Waals surface area contributed by atoms with Crippen LogP contribution in [0.3, 0.4) is 0 Å². The lowest BCUT2D eigenvalue weighted by atomic mass is 10.0. The molecule has 0 unspecified atom stereocenters. The lowest BCUT2D eigenvalue weighted by Gasteiger charge is -2.04. The van der Waals surface area contributed by atoms with Crippen LogP contribution in [-0.2, 0) is 11.2 Å². The van der Waals surface area contributed by atoms with Gasteiger partial charge in [0.15, 0.2) is 0 Å². The fourth-order valence-electron chi connectivity index (χ4n) is 1.15. The van der Waals surface area contributed by atoms with E-state index in [-0.39, 0.29) is 5.92 Å². The minimum atomic E-state index is 0.00883. The van der Waals surface area contributed by atoms with Crippen LogP contribution in [0.15, 0.2) is 18.2 Å². The maximum atomic E-state index is 10.4. The summed E-state index contributed by atoms with van der Waals surface area (Å²) < 4.78 is 0. The standard InChI is InChI=1S/C10H10Cl2O/c1-7(6-13)2-8-3-9(11)5-10(12)4-8/h3-7H,2H2,1H3/t7-/m0/s1. The van der Waals surface area contributed by atoms with Gasteiger partial charge in [-0.05, 0) is 30.2 Å². The van der Waals surface area contributed by atoms with Gasteiger partial charge in [0.25, 0.3) is 0 Å². The van der Waals surface area contributed by atoms with Gasteiger partial charge < -0.3 is 4.79 Å². The molecule has 70 valence electrons. The van der Waals surface area contributed by atoms with Crippen molar-refractivity contribution in [3.05, 3.63) is 33.8 Å². The molecule has 13 heavy (non-hydrogen) atoms. The minimum absolute atomic E-state index is 0.00883. The van der Waals surface area contributed by atoms with Crippen LogP contribution in [-0.4, -0.2) is 6.29 Å². The van der Waals surface area contributed by atoms with Gasteiger partial charge in [0.2, 0.25) is 0 Å². The number of hydrogen-bond acceptors (Lipinski definition) is 1. The van der Waals surface area contributed by atoms with Crippen LogP contribution in [0.5, 0.6) is 0 Å². The van der Waals surface area contributed by atoms with Crippen LogP contribution in [0.25, 0.3) is 0 Å². The Morgan fingerprint density at radius 3 is 2.31 bits per heavy atom. The Labute approximate surface area is 87.7 Å². The Morgan fingerprint density at radius 2 is 1.85 bits per heavy atom. The van der Waals surface area contributed by atoms with E-state index in [1.165, 1.54) is 0 Å². The van der Waals surface area contributed by atoms with E-state index in [1.54, 1.807) is 6.07 Å². The molecule has 0 N–H and O–H groups in total. The molecule has 0 radical (unpaired) electrons. The van der Waals surface area contributed by atoms with Gasteiger partial charge in [0, 0.05) is 16.0 Å². The van der Waals surface area contributed by atoms with E-state index in [0.717, 1.165) is 11.8 Å². The summed E-state index contributed by atoms with van der Waals surface area (Å²) in [5, 5.41) is 1.22. The molecule has 0 heterocycles. The van der Waals surface area contributed by atoms with Crippen LogP contribution in [0.2, 0.25) is 10.0 Å². The van der Waals surface area contributed by atoms with Gasteiger partial charge in [-0.2, -0.15) is 0 Å². The molecule has 0 amide bonds. The molecular weight excluding hydrogens is 207 g/mol. The molecule has 0 saturated heterocycles. The van der Waals surface area contributed by atoms with Crippen molar-refractivity contribution in [3.8, 4) is 0 Å². The van der Waals surface area contributed by atoms with E-state index in [0.29, 0.717) is 16.5 Å². The number of hydrogen-bond donors (Lipinski definition) is 0. The Bertz CT molecular complexity index is 290. The van der Waals surface area contributed by atoms with E-state index in [4.69, 9.17) is 23.2 Å². The van der Waals surface area contributed by atoms with Crippen molar-refractivity contribution in [2.24, 2.45) is 5.92 Å². The highest BCUT2D eigenvalue weighted by Crippen LogP contribution is 2.20. The van der Waals surface area contributed by atoms with Crippen molar-refractivity contribution < 1.29 is 4.79 Å². The van der Waals surface area contributed by atoms with Gasteiger partial charge in [-0.25, -0.2) is 0 Å². The average Bonchev–Trinajstić information content (AvgIpc) is 2.02. The van der Waals surface area contributed by atoms with Crippen molar-refractivity contribution in [3.63, 3.8) is 0 Å². The zero-order valence-electron chi connectivity index (χ0n) is 7.26. The van der Waals surface area contributed by atoms with Gasteiger partial charge in [-0.15, -0.1) is 0 Å². The largest absolute Gasteiger partial charge is 0.303 e. The third kappa shape index (κ3) is 3.37. The molecule has 0 aliphatic carbocycles. The molecular formula is C10H10Cl2O. The number of aldehydes is 1. The summed E-state index contributed by atoms with van der Waals surface area (Å²) in [4.78, 5) is 10.4. The van der Waals surface area contributed by atoms with E-state index in [1.807, 2.05) is 19.1 Å². The normalized spacial score (nSPS) is 12.5. The first kappa shape index (κ1) is 10.6. The van der Waals surface area contributed by atoms with E-state index < -0.39 is 0 Å². The molecule has 0 bridgehead atoms. The van der Waals surface area contributed by atoms with Crippen molar-refractivity contribution in [1.29, 1.82) is 0 Å². The number of benzene rings is 1. The quantitative estimate of drug-likeness (QED) is 0.709. The maximum absolute atomic E-state index is 10.4. The molecule has 0 saturated carbocycles. The van der Waals surface area contributed by atoms with Crippen LogP contribution in [0.4, 0.5) is 0 Å². The minimum Gasteiger partial charge on any atom is -0.303 e. The van der Waals surface area contributed by atoms with Gasteiger partial charge in [-0.3, -0.25) is 0 Å². The van der Waals surface area contributed by atoms with E-state index in [9.17, 15) is 4.79 Å². The average molecular weight is 217 g/mol. The summed E-state index contributed by atoms with van der Waals surface area (Å²) in [7, 11) is 0. The Hall–Kier alpha value is -0.530. The molecule has 1 aromatic carbocycles. The van der Waals surface area contributed by atoms with Gasteiger partial charge in [-0.1, -0.05) is 30.1 Å². The van der Waals surface area contributed by atoms with Crippen LogP contribution in [0, 0.1) is 5.92 Å². The maximum Gasteiger partial charge on any atom is 0.123 e. The molecule has 0 aromatic heterocycles. The molecule has 3 heteroatoms. The molecule has 0 aliphatic rings. The van der Waals surface area contributed by atoms with Crippen LogP contribution < -0.4 is 0 Å². The van der Waals surface area contributed by atoms with Crippen LogP contribution >= 0.6 is 23.2 Å². The third-order valence-electron chi connectivity index (χ3n) is 1.71. The third-order valence-corrected chi connectivity index (χ3v) is 2.15. The first-order chi connectivity index (χ1) is 6.11. The fraction of sp³-hybridized carbons (Fsp3) is 0.300. The zero-order chi connectivity index (χ0) is 9.84. The van der Waals surface area contributed by atoms with Crippen molar-refractivity contribution >= 4 is 29.5 Å². The SMILES string of the molecule is C[C@H](C=O)Cc1cc(Cl)cc(Cl)c1. The predicted octanol–water partition coefficient (Wildman–Crippen LogP) is 3.37. The summed E-state index contributed by atoms with van der Waals surface area (Å²) in [5.41, 5.74) is 0.997. The van der Waals surface area contributed by atoms with Crippen molar-refractivity contribution in [2.75, 3.05) is 0 Å².